The van der Waals surface area contributed by atoms with E-state index in [1.807, 2.05) is 0 Å². The molecule has 0 saturated carbocycles. The Balaban J connectivity index is 0.824. The van der Waals surface area contributed by atoms with Crippen molar-refractivity contribution in [3.63, 3.8) is 0 Å². The molecule has 0 N–H and O–H groups in total. The summed E-state index contributed by atoms with van der Waals surface area (Å²) >= 11 is 0. The van der Waals surface area contributed by atoms with E-state index >= 15 is 0 Å². The lowest BCUT2D eigenvalue weighted by Gasteiger charge is -2.35. The lowest BCUT2D eigenvalue weighted by Crippen LogP contribution is -2.26. The number of hydrogen-bond acceptors (Lipinski definition) is 2. The molecule has 0 amide bonds. The second kappa shape index (κ2) is 21.6. The van der Waals surface area contributed by atoms with Crippen LogP contribution in [0, 0.1) is 0 Å². The molecule has 2 heterocycles. The minimum absolute atomic E-state index is 0.569. The number of benzene rings is 16. The van der Waals surface area contributed by atoms with E-state index in [1.165, 1.54) is 133 Å². The Morgan fingerprint density at radius 2 is 0.538 bits per heavy atom. The average molecular weight is 1320 g/mol. The fourth-order valence-corrected chi connectivity index (χ4v) is 19.9. The van der Waals surface area contributed by atoms with Crippen molar-refractivity contribution in [2.45, 2.75) is 23.7 Å². The molecule has 0 aliphatic heterocycles. The summed E-state index contributed by atoms with van der Waals surface area (Å²) in [6.07, 6.45) is 9.09. The maximum atomic E-state index is 2.63. The molecule has 2 aromatic heterocycles. The van der Waals surface area contributed by atoms with Crippen molar-refractivity contribution in [3.8, 4) is 50.2 Å². The topological polar surface area (TPSA) is 16.3 Å². The molecule has 0 fully saturated rings. The van der Waals surface area contributed by atoms with Gasteiger partial charge in [-0.25, -0.2) is 0 Å². The van der Waals surface area contributed by atoms with E-state index in [9.17, 15) is 0 Å². The lowest BCUT2D eigenvalue weighted by molar-refractivity contribution is 0.793. The van der Waals surface area contributed by atoms with Gasteiger partial charge in [0.25, 0.3) is 0 Å². The zero-order valence-corrected chi connectivity index (χ0v) is 56.8. The average Bonchev–Trinajstić information content (AvgIpc) is 1.51. The molecule has 0 bridgehead atoms. The molecular weight excluding hydrogens is 1260 g/mol. The van der Waals surface area contributed by atoms with Gasteiger partial charge in [0.15, 0.2) is 0 Å². The summed E-state index contributed by atoms with van der Waals surface area (Å²) in [4.78, 5) is 5.25. The van der Waals surface area contributed by atoms with Crippen LogP contribution in [0.25, 0.3) is 121 Å². The first-order valence-electron chi connectivity index (χ1n) is 36.5. The molecular formula is C100H64N4. The number of nitrogens with zero attached hydrogens (tertiary/aromatic N) is 4. The summed E-state index contributed by atoms with van der Waals surface area (Å²) in [5.41, 5.74) is 33.2. The Morgan fingerprint density at radius 1 is 0.231 bits per heavy atom. The highest BCUT2D eigenvalue weighted by molar-refractivity contribution is 6.25. The molecule has 4 heteroatoms. The Hall–Kier alpha value is -13.3. The molecule has 4 nitrogen and oxygen atoms in total. The fourth-order valence-electron chi connectivity index (χ4n) is 19.9. The van der Waals surface area contributed by atoms with Gasteiger partial charge in [-0.05, 0) is 193 Å². The molecule has 0 saturated heterocycles. The third-order valence-electron chi connectivity index (χ3n) is 23.9. The van der Waals surface area contributed by atoms with Crippen LogP contribution < -0.4 is 9.80 Å². The van der Waals surface area contributed by atoms with Crippen molar-refractivity contribution in [1.82, 2.24) is 9.13 Å². The van der Waals surface area contributed by atoms with Gasteiger partial charge in [0.1, 0.15) is 0 Å². The van der Waals surface area contributed by atoms with Gasteiger partial charge in [0.05, 0.1) is 44.3 Å². The molecule has 18 aromatic rings. The van der Waals surface area contributed by atoms with Gasteiger partial charge in [0, 0.05) is 77.2 Å². The number of anilines is 6. The summed E-state index contributed by atoms with van der Waals surface area (Å²) in [6.45, 7) is 0. The van der Waals surface area contributed by atoms with Gasteiger partial charge in [-0.3, -0.25) is 0 Å². The van der Waals surface area contributed by atoms with Crippen LogP contribution in [-0.4, -0.2) is 9.13 Å². The zero-order valence-electron chi connectivity index (χ0n) is 56.8. The first kappa shape index (κ1) is 57.5. The maximum Gasteiger partial charge on any atom is 0.0726 e. The fraction of sp³-hybridized carbons (Fsp3) is 0.0400. The summed E-state index contributed by atoms with van der Waals surface area (Å²) in [5, 5.41) is 9.33. The molecule has 484 valence electrons. The van der Waals surface area contributed by atoms with E-state index in [4.69, 9.17) is 0 Å². The molecule has 5 aliphatic rings. The number of para-hydroxylation sites is 3. The normalized spacial score (nSPS) is 14.2. The maximum absolute atomic E-state index is 2.63. The minimum atomic E-state index is -0.571. The van der Waals surface area contributed by atoms with Crippen LogP contribution in [-0.2, 0) is 10.8 Å². The Morgan fingerprint density at radius 3 is 0.933 bits per heavy atom. The molecule has 0 radical (unpaired) electrons. The highest BCUT2D eigenvalue weighted by Gasteiger charge is 2.53. The monoisotopic (exact) mass is 1320 g/mol. The van der Waals surface area contributed by atoms with Crippen LogP contribution >= 0.6 is 0 Å². The van der Waals surface area contributed by atoms with Crippen LogP contribution in [0.2, 0.25) is 0 Å². The molecule has 0 unspecified atom stereocenters. The smallest absolute Gasteiger partial charge is 0.0726 e. The number of rotatable bonds is 8. The van der Waals surface area contributed by atoms with Gasteiger partial charge >= 0.3 is 0 Å². The second-order valence-electron chi connectivity index (χ2n) is 28.7. The van der Waals surface area contributed by atoms with Crippen LogP contribution in [0.4, 0.5) is 34.1 Å². The molecule has 0 atom stereocenters. The predicted octanol–water partition coefficient (Wildman–Crippen LogP) is 26.0. The van der Waals surface area contributed by atoms with Crippen molar-refractivity contribution < 1.29 is 0 Å². The third-order valence-corrected chi connectivity index (χ3v) is 23.9. The summed E-state index contributed by atoms with van der Waals surface area (Å²) in [7, 11) is 0. The van der Waals surface area contributed by atoms with E-state index in [0.717, 1.165) is 79.7 Å². The standard InChI is InChI=1S/C100H64N4/c1-3-27-63(28-4-1)103-93-49-25-17-37-77(93)83-59-65(53-57-95(83)103)101(67-51-55-75-73-35-15-23-47-89(73)99(91(75)61-67)85-43-19-11-31-69(85)70-32-12-20-44-86(70)99)97-79-39-7-9-41-81(79)98(82-42-10-8-40-80(82)97)102(66-54-58-96-84(60-66)78-38-18-26-50-94(78)104(96)64-29-5-2-6-30-64)68-52-56-76-74-36-16-24-48-90(74)100(92(76)62-68)87-45-21-13-33-71(87)72-34-14-22-46-88(72)100/h1,3-5,7-62H,2,6H2. The first-order valence-corrected chi connectivity index (χ1v) is 36.5. The largest absolute Gasteiger partial charge is 0.310 e. The highest BCUT2D eigenvalue weighted by atomic mass is 15.2. The van der Waals surface area contributed by atoms with Crippen molar-refractivity contribution in [1.29, 1.82) is 0 Å². The summed E-state index contributed by atoms with van der Waals surface area (Å²) in [6, 6.07) is 132. The van der Waals surface area contributed by atoms with E-state index < -0.39 is 10.8 Å². The van der Waals surface area contributed by atoms with Crippen LogP contribution in [0.3, 0.4) is 0 Å². The molecule has 5 aliphatic carbocycles. The van der Waals surface area contributed by atoms with E-state index in [2.05, 4.69) is 383 Å². The molecule has 23 rings (SSSR count). The summed E-state index contributed by atoms with van der Waals surface area (Å²) in [5.74, 6) is 0. The number of fused-ring (bicyclic) bond motifs is 28. The molecule has 104 heavy (non-hydrogen) atoms. The molecule has 16 aromatic carbocycles. The van der Waals surface area contributed by atoms with Crippen molar-refractivity contribution in [3.05, 3.63) is 409 Å². The van der Waals surface area contributed by atoms with E-state index in [1.54, 1.807) is 0 Å². The third kappa shape index (κ3) is 7.55. The Bertz CT molecular complexity index is 6650. The van der Waals surface area contributed by atoms with E-state index in [0.29, 0.717) is 0 Å². The van der Waals surface area contributed by atoms with Gasteiger partial charge < -0.3 is 18.9 Å². The van der Waals surface area contributed by atoms with Crippen molar-refractivity contribution >= 4 is 105 Å². The Labute approximate surface area is 602 Å². The van der Waals surface area contributed by atoms with Gasteiger partial charge in [-0.2, -0.15) is 0 Å². The highest BCUT2D eigenvalue weighted by Crippen LogP contribution is 2.66. The number of hydrogen-bond donors (Lipinski definition) is 0. The van der Waals surface area contributed by atoms with Crippen molar-refractivity contribution in [2.75, 3.05) is 9.80 Å². The zero-order chi connectivity index (χ0) is 67.9. The molecule has 2 spiro atoms. The second-order valence-corrected chi connectivity index (χ2v) is 28.7. The van der Waals surface area contributed by atoms with Crippen LogP contribution in [0.15, 0.2) is 364 Å². The van der Waals surface area contributed by atoms with Gasteiger partial charge in [-0.1, -0.05) is 273 Å². The van der Waals surface area contributed by atoms with Gasteiger partial charge in [-0.15, -0.1) is 0 Å². The first-order chi connectivity index (χ1) is 51.6. The van der Waals surface area contributed by atoms with E-state index in [-0.39, 0.29) is 0 Å². The number of allylic oxidation sites excluding steroid dienone is 4. The van der Waals surface area contributed by atoms with Gasteiger partial charge in [0.2, 0.25) is 0 Å². The quantitative estimate of drug-likeness (QED) is 0.111. The van der Waals surface area contributed by atoms with Crippen LogP contribution in [0.1, 0.15) is 57.3 Å². The minimum Gasteiger partial charge on any atom is -0.310 e. The number of aromatic nitrogens is 2. The summed E-state index contributed by atoms with van der Waals surface area (Å²) < 4.78 is 4.91. The van der Waals surface area contributed by atoms with Crippen LogP contribution in [0.5, 0.6) is 0 Å². The predicted molar refractivity (Wildman–Crippen MR) is 433 cm³/mol. The Kier molecular flexibility index (Phi) is 11.9. The SMILES string of the molecule is C1=CC(n2c3ccccc3c3cc(N(c4ccc5c(c4)C4(c6ccccc6-c6ccccc64)c4ccccc4-5)c4c5ccccc5c(N(c5ccc6c(c5)C5(c7ccccc7-c7ccccc75)c5ccccc5-6)c5ccc6c(c5)c5ccccc5n6-c5ccccc5)c5ccccc45)ccc32)=CCC1. The lowest BCUT2D eigenvalue weighted by atomic mass is 9.70. The van der Waals surface area contributed by atoms with Crippen molar-refractivity contribution in [2.24, 2.45) is 0 Å².